The number of anilines is 1. The zero-order chi connectivity index (χ0) is 21.9. The molecule has 1 N–H and O–H groups in total. The van der Waals surface area contributed by atoms with Gasteiger partial charge in [-0.05, 0) is 37.6 Å². The second-order valence-corrected chi connectivity index (χ2v) is 6.95. The fourth-order valence-electron chi connectivity index (χ4n) is 2.55. The molecular formula is C18H16F3N5O3S. The van der Waals surface area contributed by atoms with E-state index < -0.39 is 29.3 Å². The highest BCUT2D eigenvalue weighted by Gasteiger charge is 2.41. The van der Waals surface area contributed by atoms with Crippen LogP contribution in [0.2, 0.25) is 0 Å². The van der Waals surface area contributed by atoms with Crippen LogP contribution in [-0.2, 0) is 17.3 Å². The van der Waals surface area contributed by atoms with Crippen molar-refractivity contribution in [3.63, 3.8) is 0 Å². The van der Waals surface area contributed by atoms with Crippen LogP contribution < -0.4 is 5.32 Å². The summed E-state index contributed by atoms with van der Waals surface area (Å²) in [7, 11) is 0. The molecule has 3 rings (SSSR count). The number of amides is 1. The number of hydrogen-bond donors (Lipinski definition) is 1. The van der Waals surface area contributed by atoms with Crippen molar-refractivity contribution < 1.29 is 27.5 Å². The Morgan fingerprint density at radius 1 is 1.17 bits per heavy atom. The Balaban J connectivity index is 1.87. The Kier molecular flexibility index (Phi) is 6.15. The average Bonchev–Trinajstić information content (AvgIpc) is 3.35. The highest BCUT2D eigenvalue weighted by atomic mass is 32.1. The van der Waals surface area contributed by atoms with Crippen molar-refractivity contribution in [2.75, 3.05) is 11.9 Å². The SMILES string of the molecule is CCOC(=O)c1cnn(-c2ccc(C(=O)Nc3nnc(CC)s3)cc2)c1C(F)(F)F. The van der Waals surface area contributed by atoms with Crippen LogP contribution in [-0.4, -0.2) is 38.5 Å². The van der Waals surface area contributed by atoms with Crippen LogP contribution in [0.1, 0.15) is 45.3 Å². The van der Waals surface area contributed by atoms with Gasteiger partial charge < -0.3 is 4.74 Å². The van der Waals surface area contributed by atoms with Gasteiger partial charge in [-0.1, -0.05) is 18.3 Å². The van der Waals surface area contributed by atoms with E-state index in [-0.39, 0.29) is 17.9 Å². The molecule has 0 unspecified atom stereocenters. The monoisotopic (exact) mass is 439 g/mol. The zero-order valence-corrected chi connectivity index (χ0v) is 16.7. The number of esters is 1. The van der Waals surface area contributed by atoms with Crippen molar-refractivity contribution in [2.45, 2.75) is 26.4 Å². The lowest BCUT2D eigenvalue weighted by atomic mass is 10.2. The number of rotatable bonds is 6. The Morgan fingerprint density at radius 3 is 2.43 bits per heavy atom. The smallest absolute Gasteiger partial charge is 0.434 e. The molecule has 2 heterocycles. The van der Waals surface area contributed by atoms with Crippen LogP contribution in [0.25, 0.3) is 5.69 Å². The molecule has 0 aliphatic heterocycles. The summed E-state index contributed by atoms with van der Waals surface area (Å²) in [6.07, 6.45) is -3.35. The van der Waals surface area contributed by atoms with Gasteiger partial charge in [0.25, 0.3) is 5.91 Å². The summed E-state index contributed by atoms with van der Waals surface area (Å²) in [6, 6.07) is 5.28. The van der Waals surface area contributed by atoms with Crippen LogP contribution in [0.4, 0.5) is 18.3 Å². The molecule has 2 aromatic heterocycles. The molecule has 0 aliphatic rings. The third-order valence-corrected chi connectivity index (χ3v) is 4.88. The van der Waals surface area contributed by atoms with Gasteiger partial charge in [0.1, 0.15) is 10.6 Å². The Bertz CT molecular complexity index is 1060. The van der Waals surface area contributed by atoms with E-state index in [2.05, 4.69) is 25.3 Å². The van der Waals surface area contributed by atoms with E-state index in [1.165, 1.54) is 42.5 Å². The summed E-state index contributed by atoms with van der Waals surface area (Å²) in [5.41, 5.74) is -1.70. The molecule has 12 heteroatoms. The van der Waals surface area contributed by atoms with Gasteiger partial charge in [-0.2, -0.15) is 18.3 Å². The van der Waals surface area contributed by atoms with Crippen LogP contribution in [0.15, 0.2) is 30.5 Å². The Morgan fingerprint density at radius 2 is 1.87 bits per heavy atom. The molecule has 0 bridgehead atoms. The fraction of sp³-hybridized carbons (Fsp3) is 0.278. The van der Waals surface area contributed by atoms with Crippen LogP contribution in [0, 0.1) is 0 Å². The van der Waals surface area contributed by atoms with E-state index in [1.807, 2.05) is 6.92 Å². The van der Waals surface area contributed by atoms with E-state index in [1.54, 1.807) is 0 Å². The predicted octanol–water partition coefficient (Wildman–Crippen LogP) is 3.73. The summed E-state index contributed by atoms with van der Waals surface area (Å²) in [4.78, 5) is 24.2. The molecule has 1 amide bonds. The minimum atomic E-state index is -4.84. The number of alkyl halides is 3. The lowest BCUT2D eigenvalue weighted by Gasteiger charge is -2.12. The number of ether oxygens (including phenoxy) is 1. The first-order valence-electron chi connectivity index (χ1n) is 8.81. The molecule has 0 saturated heterocycles. The van der Waals surface area contributed by atoms with E-state index in [9.17, 15) is 22.8 Å². The van der Waals surface area contributed by atoms with Gasteiger partial charge in [0.2, 0.25) is 5.13 Å². The van der Waals surface area contributed by atoms with Gasteiger partial charge in [-0.15, -0.1) is 10.2 Å². The number of nitrogens with zero attached hydrogens (tertiary/aromatic N) is 4. The molecule has 0 saturated carbocycles. The number of aryl methyl sites for hydroxylation is 1. The number of benzene rings is 1. The molecule has 3 aromatic rings. The normalized spacial score (nSPS) is 11.4. The maximum absolute atomic E-state index is 13.6. The zero-order valence-electron chi connectivity index (χ0n) is 15.9. The lowest BCUT2D eigenvalue weighted by Crippen LogP contribution is -2.18. The van der Waals surface area contributed by atoms with E-state index in [0.717, 1.165) is 11.2 Å². The van der Waals surface area contributed by atoms with E-state index in [0.29, 0.717) is 16.2 Å². The largest absolute Gasteiger partial charge is 0.462 e. The number of halogens is 3. The number of hydrogen-bond acceptors (Lipinski definition) is 7. The average molecular weight is 439 g/mol. The molecular weight excluding hydrogens is 423 g/mol. The summed E-state index contributed by atoms with van der Waals surface area (Å²) >= 11 is 1.23. The second kappa shape index (κ2) is 8.61. The molecule has 158 valence electrons. The minimum absolute atomic E-state index is 0.0265. The maximum atomic E-state index is 13.6. The summed E-state index contributed by atoms with van der Waals surface area (Å²) in [6.45, 7) is 3.33. The Hall–Kier alpha value is -3.28. The molecule has 0 radical (unpaired) electrons. The second-order valence-electron chi connectivity index (χ2n) is 5.89. The van der Waals surface area contributed by atoms with Gasteiger partial charge in [0.15, 0.2) is 5.69 Å². The van der Waals surface area contributed by atoms with Crippen LogP contribution in [0.3, 0.4) is 0 Å². The van der Waals surface area contributed by atoms with Gasteiger partial charge in [-0.3, -0.25) is 10.1 Å². The van der Waals surface area contributed by atoms with Crippen molar-refractivity contribution >= 4 is 28.3 Å². The Labute approximate surface area is 172 Å². The number of carbonyl (C=O) groups excluding carboxylic acids is 2. The quantitative estimate of drug-likeness (QED) is 0.588. The number of carbonyl (C=O) groups is 2. The maximum Gasteiger partial charge on any atom is 0.434 e. The van der Waals surface area contributed by atoms with Crippen molar-refractivity contribution in [1.29, 1.82) is 0 Å². The third-order valence-electron chi connectivity index (χ3n) is 3.90. The van der Waals surface area contributed by atoms with Gasteiger partial charge in [0.05, 0.1) is 18.5 Å². The highest BCUT2D eigenvalue weighted by Crippen LogP contribution is 2.34. The topological polar surface area (TPSA) is 99.0 Å². The summed E-state index contributed by atoms with van der Waals surface area (Å²) in [5.74, 6) is -1.60. The molecule has 30 heavy (non-hydrogen) atoms. The van der Waals surface area contributed by atoms with Crippen LogP contribution in [0.5, 0.6) is 0 Å². The summed E-state index contributed by atoms with van der Waals surface area (Å²) in [5, 5.41) is 15.1. The van der Waals surface area contributed by atoms with Gasteiger partial charge >= 0.3 is 12.1 Å². The number of nitrogens with one attached hydrogen (secondary N) is 1. The van der Waals surface area contributed by atoms with Crippen molar-refractivity contribution in [3.8, 4) is 5.69 Å². The first-order valence-corrected chi connectivity index (χ1v) is 9.62. The van der Waals surface area contributed by atoms with Crippen LogP contribution >= 0.6 is 11.3 Å². The van der Waals surface area contributed by atoms with E-state index >= 15 is 0 Å². The standard InChI is InChI=1S/C18H16F3N5O3S/c1-3-13-24-25-17(30-13)23-15(27)10-5-7-11(8-6-10)26-14(18(19,20)21)12(9-22-26)16(28)29-4-2/h5-9H,3-4H2,1-2H3,(H,23,25,27). The lowest BCUT2D eigenvalue weighted by molar-refractivity contribution is -0.143. The molecule has 0 atom stereocenters. The van der Waals surface area contributed by atoms with Gasteiger partial charge in [0, 0.05) is 5.56 Å². The fourth-order valence-corrected chi connectivity index (χ4v) is 3.22. The summed E-state index contributed by atoms with van der Waals surface area (Å²) < 4.78 is 46.0. The first-order chi connectivity index (χ1) is 14.2. The first kappa shape index (κ1) is 21.4. The molecule has 0 fully saturated rings. The van der Waals surface area contributed by atoms with E-state index in [4.69, 9.17) is 0 Å². The molecule has 1 aromatic carbocycles. The molecule has 0 aliphatic carbocycles. The number of aromatic nitrogens is 4. The molecule has 0 spiro atoms. The van der Waals surface area contributed by atoms with Crippen molar-refractivity contribution in [1.82, 2.24) is 20.0 Å². The predicted molar refractivity (Wildman–Crippen MR) is 102 cm³/mol. The van der Waals surface area contributed by atoms with Crippen molar-refractivity contribution in [2.24, 2.45) is 0 Å². The van der Waals surface area contributed by atoms with Gasteiger partial charge in [-0.25, -0.2) is 9.48 Å². The third kappa shape index (κ3) is 4.48. The minimum Gasteiger partial charge on any atom is -0.462 e. The van der Waals surface area contributed by atoms with Crippen molar-refractivity contribution in [3.05, 3.63) is 52.3 Å². The molecule has 8 nitrogen and oxygen atoms in total. The highest BCUT2D eigenvalue weighted by molar-refractivity contribution is 7.15.